The molecule has 4 rings (SSSR count). The zero-order valence-electron chi connectivity index (χ0n) is 16.8. The van der Waals surface area contributed by atoms with E-state index in [2.05, 4.69) is 20.4 Å². The van der Waals surface area contributed by atoms with Gasteiger partial charge >= 0.3 is 0 Å². The van der Waals surface area contributed by atoms with Gasteiger partial charge in [-0.05, 0) is 13.0 Å². The number of carbonyl (C=O) groups is 1. The first-order valence-corrected chi connectivity index (χ1v) is 9.35. The summed E-state index contributed by atoms with van der Waals surface area (Å²) >= 11 is 0. The lowest BCUT2D eigenvalue weighted by Crippen LogP contribution is -2.21. The van der Waals surface area contributed by atoms with Crippen LogP contribution in [0.2, 0.25) is 0 Å². The SMILES string of the molecule is COc1cc2ncnc(-c3cn(C)nc3-c3ccccc3)c2cc1NC(=O)C(C)F. The quantitative estimate of drug-likeness (QED) is 0.543. The minimum Gasteiger partial charge on any atom is -0.494 e. The highest BCUT2D eigenvalue weighted by Crippen LogP contribution is 2.37. The predicted molar refractivity (Wildman–Crippen MR) is 113 cm³/mol. The van der Waals surface area contributed by atoms with Crippen LogP contribution in [0.4, 0.5) is 10.1 Å². The highest BCUT2D eigenvalue weighted by atomic mass is 19.1. The fourth-order valence-corrected chi connectivity index (χ4v) is 3.27. The summed E-state index contributed by atoms with van der Waals surface area (Å²) in [6.07, 6.45) is 1.71. The lowest BCUT2D eigenvalue weighted by molar-refractivity contribution is -0.120. The number of amides is 1. The van der Waals surface area contributed by atoms with Crippen molar-refractivity contribution in [2.75, 3.05) is 12.4 Å². The molecule has 0 aliphatic carbocycles. The van der Waals surface area contributed by atoms with Gasteiger partial charge in [0.1, 0.15) is 17.8 Å². The van der Waals surface area contributed by atoms with Crippen molar-refractivity contribution in [3.05, 3.63) is 55.0 Å². The summed E-state index contributed by atoms with van der Waals surface area (Å²) in [5, 5.41) is 7.86. The van der Waals surface area contributed by atoms with Crippen molar-refractivity contribution >= 4 is 22.5 Å². The molecule has 0 saturated heterocycles. The Labute approximate surface area is 172 Å². The van der Waals surface area contributed by atoms with E-state index in [0.717, 1.165) is 16.8 Å². The van der Waals surface area contributed by atoms with E-state index in [1.165, 1.54) is 20.4 Å². The number of benzene rings is 2. The van der Waals surface area contributed by atoms with Crippen molar-refractivity contribution in [1.82, 2.24) is 19.7 Å². The Hall–Kier alpha value is -3.81. The largest absolute Gasteiger partial charge is 0.494 e. The summed E-state index contributed by atoms with van der Waals surface area (Å²) in [5.41, 5.74) is 4.17. The third-order valence-corrected chi connectivity index (χ3v) is 4.71. The number of alkyl halides is 1. The van der Waals surface area contributed by atoms with Crippen molar-refractivity contribution in [1.29, 1.82) is 0 Å². The standard InChI is InChI=1S/C22H20FN5O2/c1-13(23)22(29)26-18-9-15-17(10-19(18)30-3)24-12-25-21(15)16-11-28(2)27-20(16)14-7-5-4-6-8-14/h4-13H,1-3H3,(H,26,29). The number of carbonyl (C=O) groups excluding carboxylic acids is 1. The van der Waals surface area contributed by atoms with Gasteiger partial charge in [-0.25, -0.2) is 14.4 Å². The Morgan fingerprint density at radius 3 is 2.63 bits per heavy atom. The molecule has 30 heavy (non-hydrogen) atoms. The van der Waals surface area contributed by atoms with Crippen LogP contribution >= 0.6 is 0 Å². The molecule has 8 heteroatoms. The average Bonchev–Trinajstić information content (AvgIpc) is 3.14. The highest BCUT2D eigenvalue weighted by Gasteiger charge is 2.19. The number of nitrogens with zero attached hydrogens (tertiary/aromatic N) is 4. The highest BCUT2D eigenvalue weighted by molar-refractivity contribution is 6.02. The fourth-order valence-electron chi connectivity index (χ4n) is 3.27. The Balaban J connectivity index is 1.92. The maximum atomic E-state index is 13.4. The van der Waals surface area contributed by atoms with E-state index < -0.39 is 12.1 Å². The van der Waals surface area contributed by atoms with Gasteiger partial charge in [0.05, 0.1) is 24.0 Å². The predicted octanol–water partition coefficient (Wildman–Crippen LogP) is 4.00. The second kappa shape index (κ2) is 7.90. The first kappa shape index (κ1) is 19.5. The van der Waals surface area contributed by atoms with Crippen molar-refractivity contribution < 1.29 is 13.9 Å². The van der Waals surface area contributed by atoms with Gasteiger partial charge in [-0.3, -0.25) is 9.48 Å². The first-order valence-electron chi connectivity index (χ1n) is 9.35. The van der Waals surface area contributed by atoms with Crippen LogP contribution in [0.1, 0.15) is 6.92 Å². The molecule has 0 fully saturated rings. The minimum absolute atomic E-state index is 0.348. The maximum Gasteiger partial charge on any atom is 0.258 e. The average molecular weight is 405 g/mol. The van der Waals surface area contributed by atoms with Gasteiger partial charge in [0.2, 0.25) is 0 Å². The van der Waals surface area contributed by atoms with E-state index in [0.29, 0.717) is 28.0 Å². The number of halogens is 1. The fraction of sp³-hybridized carbons (Fsp3) is 0.182. The Bertz CT molecular complexity index is 1220. The second-order valence-electron chi connectivity index (χ2n) is 6.83. The van der Waals surface area contributed by atoms with Crippen LogP contribution in [0.25, 0.3) is 33.4 Å². The number of methoxy groups -OCH3 is 1. The van der Waals surface area contributed by atoms with Gasteiger partial charge in [-0.1, -0.05) is 30.3 Å². The molecule has 2 heterocycles. The molecule has 1 N–H and O–H groups in total. The summed E-state index contributed by atoms with van der Waals surface area (Å²) in [6, 6.07) is 13.2. The Morgan fingerprint density at radius 2 is 1.93 bits per heavy atom. The zero-order chi connectivity index (χ0) is 21.3. The number of nitrogens with one attached hydrogen (secondary N) is 1. The van der Waals surface area contributed by atoms with Crippen LogP contribution in [0, 0.1) is 0 Å². The summed E-state index contributed by atoms with van der Waals surface area (Å²) < 4.78 is 20.5. The Morgan fingerprint density at radius 1 is 1.17 bits per heavy atom. The molecule has 1 atom stereocenters. The van der Waals surface area contributed by atoms with Gasteiger partial charge in [-0.2, -0.15) is 5.10 Å². The van der Waals surface area contributed by atoms with Crippen LogP contribution < -0.4 is 10.1 Å². The number of aryl methyl sites for hydroxylation is 1. The molecule has 2 aromatic heterocycles. The van der Waals surface area contributed by atoms with Crippen molar-refractivity contribution in [3.63, 3.8) is 0 Å². The molecule has 1 unspecified atom stereocenters. The number of ether oxygens (including phenoxy) is 1. The molecular formula is C22H20FN5O2. The van der Waals surface area contributed by atoms with Crippen molar-refractivity contribution in [2.24, 2.45) is 7.05 Å². The topological polar surface area (TPSA) is 81.9 Å². The number of aromatic nitrogens is 4. The van der Waals surface area contributed by atoms with E-state index in [1.807, 2.05) is 43.6 Å². The van der Waals surface area contributed by atoms with Crippen molar-refractivity contribution in [2.45, 2.75) is 13.1 Å². The van der Waals surface area contributed by atoms with Crippen LogP contribution in [-0.4, -0.2) is 38.9 Å². The van der Waals surface area contributed by atoms with Gasteiger partial charge < -0.3 is 10.1 Å². The second-order valence-corrected chi connectivity index (χ2v) is 6.83. The molecule has 4 aromatic rings. The lowest BCUT2D eigenvalue weighted by atomic mass is 10.0. The maximum absolute atomic E-state index is 13.4. The molecule has 0 bridgehead atoms. The first-order chi connectivity index (χ1) is 14.5. The molecule has 0 saturated carbocycles. The minimum atomic E-state index is -1.65. The molecule has 0 spiro atoms. The van der Waals surface area contributed by atoms with E-state index in [-0.39, 0.29) is 0 Å². The monoisotopic (exact) mass is 405 g/mol. The molecule has 2 aromatic carbocycles. The van der Waals surface area contributed by atoms with Crippen molar-refractivity contribution in [3.8, 4) is 28.3 Å². The lowest BCUT2D eigenvalue weighted by Gasteiger charge is -2.13. The molecule has 152 valence electrons. The Kier molecular flexibility index (Phi) is 5.14. The zero-order valence-corrected chi connectivity index (χ0v) is 16.8. The number of hydrogen-bond donors (Lipinski definition) is 1. The third-order valence-electron chi connectivity index (χ3n) is 4.71. The number of hydrogen-bond acceptors (Lipinski definition) is 5. The number of anilines is 1. The molecule has 0 aliphatic heterocycles. The van der Waals surface area contributed by atoms with Crippen LogP contribution in [0.5, 0.6) is 5.75 Å². The summed E-state index contributed by atoms with van der Waals surface area (Å²) in [7, 11) is 3.32. The summed E-state index contributed by atoms with van der Waals surface area (Å²) in [4.78, 5) is 20.8. The van der Waals surface area contributed by atoms with Gasteiger partial charge in [0.25, 0.3) is 5.91 Å². The van der Waals surface area contributed by atoms with Gasteiger partial charge in [0.15, 0.2) is 6.17 Å². The third kappa shape index (κ3) is 3.59. The van der Waals surface area contributed by atoms with E-state index in [4.69, 9.17) is 4.74 Å². The van der Waals surface area contributed by atoms with Crippen LogP contribution in [0.15, 0.2) is 55.0 Å². The number of rotatable bonds is 5. The molecule has 0 aliphatic rings. The van der Waals surface area contributed by atoms with E-state index in [9.17, 15) is 9.18 Å². The summed E-state index contributed by atoms with van der Waals surface area (Å²) in [6.45, 7) is 1.18. The van der Waals surface area contributed by atoms with Crippen LogP contribution in [0.3, 0.4) is 0 Å². The van der Waals surface area contributed by atoms with E-state index >= 15 is 0 Å². The molecule has 1 amide bonds. The molecule has 7 nitrogen and oxygen atoms in total. The van der Waals surface area contributed by atoms with Gasteiger partial charge in [-0.15, -0.1) is 0 Å². The number of fused-ring (bicyclic) bond motifs is 1. The van der Waals surface area contributed by atoms with Gasteiger partial charge in [0, 0.05) is 35.8 Å². The van der Waals surface area contributed by atoms with E-state index in [1.54, 1.807) is 16.8 Å². The smallest absolute Gasteiger partial charge is 0.258 e. The molecular weight excluding hydrogens is 385 g/mol. The normalized spacial score (nSPS) is 12.0. The van der Waals surface area contributed by atoms with Crippen LogP contribution in [-0.2, 0) is 11.8 Å². The summed E-state index contributed by atoms with van der Waals surface area (Å²) in [5.74, 6) is -0.368. The molecule has 0 radical (unpaired) electrons.